The van der Waals surface area contributed by atoms with E-state index in [0.29, 0.717) is 5.82 Å². The Bertz CT molecular complexity index is 2820. The van der Waals surface area contributed by atoms with Crippen molar-refractivity contribution in [3.8, 4) is 22.8 Å². The van der Waals surface area contributed by atoms with Gasteiger partial charge in [-0.2, -0.15) is 0 Å². The summed E-state index contributed by atoms with van der Waals surface area (Å²) in [5.41, 5.74) is 4.72. The highest BCUT2D eigenvalue weighted by Crippen LogP contribution is 2.46. The lowest BCUT2D eigenvalue weighted by molar-refractivity contribution is 1.21. The van der Waals surface area contributed by atoms with Crippen molar-refractivity contribution < 1.29 is 0 Å². The Balaban J connectivity index is 1.41. The average molecular weight is 590 g/mol. The molecule has 0 spiro atoms. The van der Waals surface area contributed by atoms with Gasteiger partial charge in [0.1, 0.15) is 5.69 Å². The van der Waals surface area contributed by atoms with Crippen LogP contribution >= 0.6 is 11.3 Å². The number of thiophene rings is 1. The van der Waals surface area contributed by atoms with Crippen LogP contribution in [0.3, 0.4) is 0 Å². The molecule has 3 nitrogen and oxygen atoms in total. The Morgan fingerprint density at radius 2 is 1.00 bits per heavy atom. The Morgan fingerprint density at radius 3 is 1.80 bits per heavy atom. The normalized spacial score (nSPS) is 12.0. The zero-order valence-electron chi connectivity index (χ0n) is 24.0. The molecule has 0 unspecified atom stereocenters. The molecule has 0 saturated heterocycles. The molecule has 7 aromatic carbocycles. The summed E-state index contributed by atoms with van der Waals surface area (Å²) in [4.78, 5) is 16.2. The van der Waals surface area contributed by atoms with Crippen molar-refractivity contribution >= 4 is 85.6 Å². The van der Waals surface area contributed by atoms with Gasteiger partial charge in [-0.25, -0.2) is 15.0 Å². The van der Waals surface area contributed by atoms with E-state index in [9.17, 15) is 0 Å². The molecule has 0 bridgehead atoms. The van der Waals surface area contributed by atoms with Crippen LogP contribution in [-0.4, -0.2) is 15.0 Å². The van der Waals surface area contributed by atoms with Crippen LogP contribution in [0.4, 0.5) is 0 Å². The summed E-state index contributed by atoms with van der Waals surface area (Å²) in [6, 6.07) is 49.3. The van der Waals surface area contributed by atoms with Gasteiger partial charge in [0.2, 0.25) is 0 Å². The number of rotatable bonds is 2. The number of hydrogen-bond donors (Lipinski definition) is 0. The van der Waals surface area contributed by atoms with Crippen LogP contribution in [0.25, 0.3) is 97.1 Å². The molecule has 0 atom stereocenters. The molecule has 0 saturated carbocycles. The highest BCUT2D eigenvalue weighted by atomic mass is 32.1. The van der Waals surface area contributed by atoms with Gasteiger partial charge in [0.15, 0.2) is 5.82 Å². The molecule has 0 fully saturated rings. The number of aromatic nitrogens is 3. The largest absolute Gasteiger partial charge is 0.242 e. The van der Waals surface area contributed by atoms with Crippen LogP contribution < -0.4 is 0 Å². The van der Waals surface area contributed by atoms with Crippen molar-refractivity contribution in [2.75, 3.05) is 0 Å². The summed E-state index contributed by atoms with van der Waals surface area (Å²) < 4.78 is 2.47. The van der Waals surface area contributed by atoms with Crippen molar-refractivity contribution in [2.45, 2.75) is 0 Å². The third kappa shape index (κ3) is 3.54. The molecule has 4 heteroatoms. The summed E-state index contributed by atoms with van der Waals surface area (Å²) in [5.74, 6) is 0.637. The number of hydrogen-bond acceptors (Lipinski definition) is 4. The van der Waals surface area contributed by atoms with Crippen LogP contribution in [0.1, 0.15) is 0 Å². The second-order valence-corrected chi connectivity index (χ2v) is 12.6. The fourth-order valence-electron chi connectivity index (χ4n) is 7.05. The van der Waals surface area contributed by atoms with E-state index in [1.54, 1.807) is 0 Å². The predicted octanol–water partition coefficient (Wildman–Crippen LogP) is 11.3. The first-order valence-corrected chi connectivity index (χ1v) is 15.9. The molecule has 0 aliphatic rings. The minimum absolute atomic E-state index is 0.637. The van der Waals surface area contributed by atoms with E-state index in [4.69, 9.17) is 15.0 Å². The minimum atomic E-state index is 0.637. The van der Waals surface area contributed by atoms with Gasteiger partial charge in [0.05, 0.1) is 21.4 Å². The van der Waals surface area contributed by atoms with Gasteiger partial charge < -0.3 is 0 Å². The quantitative estimate of drug-likeness (QED) is 0.188. The number of fused-ring (bicyclic) bond motifs is 13. The van der Waals surface area contributed by atoms with E-state index >= 15 is 0 Å². The van der Waals surface area contributed by atoms with Gasteiger partial charge >= 0.3 is 0 Å². The van der Waals surface area contributed by atoms with Gasteiger partial charge in [0, 0.05) is 42.6 Å². The molecule has 3 heterocycles. The van der Waals surface area contributed by atoms with Crippen molar-refractivity contribution in [3.05, 3.63) is 140 Å². The van der Waals surface area contributed by atoms with E-state index in [-0.39, 0.29) is 0 Å². The molecule has 10 rings (SSSR count). The molecular formula is C41H23N3S. The average Bonchev–Trinajstić information content (AvgIpc) is 3.51. The van der Waals surface area contributed by atoms with Gasteiger partial charge in [-0.05, 0) is 33.7 Å². The Hall–Kier alpha value is -5.71. The van der Waals surface area contributed by atoms with Crippen LogP contribution in [0.15, 0.2) is 140 Å². The first kappa shape index (κ1) is 24.7. The van der Waals surface area contributed by atoms with Crippen molar-refractivity contribution in [1.82, 2.24) is 15.0 Å². The lowest BCUT2D eigenvalue weighted by Crippen LogP contribution is -1.99. The van der Waals surface area contributed by atoms with E-state index in [1.165, 1.54) is 36.3 Å². The predicted molar refractivity (Wildman–Crippen MR) is 191 cm³/mol. The first-order chi connectivity index (χ1) is 22.3. The summed E-state index contributed by atoms with van der Waals surface area (Å²) in [6.07, 6.45) is 0. The SMILES string of the molecule is c1ccc(-c2nc(-c3nc4c5sc6ccccc6c5c5ccccc5c4c4ccccc34)nc3c2ccc2ccccc23)cc1. The smallest absolute Gasteiger partial charge is 0.180 e. The van der Waals surface area contributed by atoms with Crippen molar-refractivity contribution in [2.24, 2.45) is 0 Å². The second-order valence-electron chi connectivity index (χ2n) is 11.5. The van der Waals surface area contributed by atoms with Crippen molar-refractivity contribution in [3.63, 3.8) is 0 Å². The van der Waals surface area contributed by atoms with E-state index < -0.39 is 0 Å². The fourth-order valence-corrected chi connectivity index (χ4v) is 8.27. The Morgan fingerprint density at radius 1 is 0.378 bits per heavy atom. The van der Waals surface area contributed by atoms with Crippen molar-refractivity contribution in [1.29, 1.82) is 0 Å². The highest BCUT2D eigenvalue weighted by Gasteiger charge is 2.21. The summed E-state index contributed by atoms with van der Waals surface area (Å²) >= 11 is 1.82. The van der Waals surface area contributed by atoms with E-state index in [2.05, 4.69) is 133 Å². The van der Waals surface area contributed by atoms with Crippen LogP contribution in [0.5, 0.6) is 0 Å². The topological polar surface area (TPSA) is 38.7 Å². The number of benzene rings is 7. The molecule has 0 aliphatic carbocycles. The molecule has 10 aromatic rings. The molecule has 0 N–H and O–H groups in total. The lowest BCUT2D eigenvalue weighted by atomic mass is 9.95. The zero-order valence-corrected chi connectivity index (χ0v) is 24.8. The van der Waals surface area contributed by atoms with E-state index in [1.807, 2.05) is 17.4 Å². The standard InChI is InChI=1S/C41H23N3S/c1-2-13-25(14-3-1)36-32-23-22-24-12-4-5-15-26(24)37(32)44-41(43-36)38-30-19-9-8-18-29(30)34-27-16-6-7-17-28(27)35-31-20-10-11-21-33(31)45-40(35)39(34)42-38/h1-23H. The molecule has 45 heavy (non-hydrogen) atoms. The minimum Gasteiger partial charge on any atom is -0.242 e. The van der Waals surface area contributed by atoms with Crippen LogP contribution in [-0.2, 0) is 0 Å². The van der Waals surface area contributed by atoms with Crippen LogP contribution in [0.2, 0.25) is 0 Å². The maximum Gasteiger partial charge on any atom is 0.180 e. The monoisotopic (exact) mass is 589 g/mol. The third-order valence-corrected chi connectivity index (χ3v) is 10.2. The zero-order chi connectivity index (χ0) is 29.5. The highest BCUT2D eigenvalue weighted by molar-refractivity contribution is 7.27. The van der Waals surface area contributed by atoms with Crippen LogP contribution in [0, 0.1) is 0 Å². The van der Waals surface area contributed by atoms with Gasteiger partial charge in [-0.3, -0.25) is 0 Å². The molecule has 0 radical (unpaired) electrons. The van der Waals surface area contributed by atoms with Gasteiger partial charge in [-0.1, -0.05) is 127 Å². The van der Waals surface area contributed by atoms with Gasteiger partial charge in [0.25, 0.3) is 0 Å². The molecular weight excluding hydrogens is 567 g/mol. The summed E-state index contributed by atoms with van der Waals surface area (Å²) in [5, 5.41) is 11.7. The summed E-state index contributed by atoms with van der Waals surface area (Å²) in [6.45, 7) is 0. The molecule has 3 aromatic heterocycles. The second kappa shape index (κ2) is 9.39. The molecule has 0 aliphatic heterocycles. The van der Waals surface area contributed by atoms with Gasteiger partial charge in [-0.15, -0.1) is 11.3 Å². The fraction of sp³-hybridized carbons (Fsp3) is 0. The van der Waals surface area contributed by atoms with E-state index in [0.717, 1.165) is 54.9 Å². The number of nitrogens with zero attached hydrogens (tertiary/aromatic N) is 3. The Labute approximate surface area is 262 Å². The molecule has 208 valence electrons. The number of pyridine rings is 1. The first-order valence-electron chi connectivity index (χ1n) is 15.1. The third-order valence-electron chi connectivity index (χ3n) is 9.04. The molecule has 0 amide bonds. The summed E-state index contributed by atoms with van der Waals surface area (Å²) in [7, 11) is 0. The Kier molecular flexibility index (Phi) is 5.16. The maximum absolute atomic E-state index is 5.55. The lowest BCUT2D eigenvalue weighted by Gasteiger charge is -2.15. The maximum atomic E-state index is 5.55.